The zero-order valence-electron chi connectivity index (χ0n) is 19.8. The van der Waals surface area contributed by atoms with Crippen molar-refractivity contribution in [2.24, 2.45) is 0 Å². The molecule has 4 rings (SSSR count). The van der Waals surface area contributed by atoms with Crippen LogP contribution in [0.2, 0.25) is 0 Å². The molecule has 1 aliphatic heterocycles. The van der Waals surface area contributed by atoms with Crippen molar-refractivity contribution < 1.29 is 12.8 Å². The second-order valence-corrected chi connectivity index (χ2v) is 11.0. The van der Waals surface area contributed by atoms with Crippen LogP contribution in [0.3, 0.4) is 0 Å². The van der Waals surface area contributed by atoms with E-state index in [-0.39, 0.29) is 17.5 Å². The molecule has 1 aliphatic rings. The molecule has 0 atom stereocenters. The van der Waals surface area contributed by atoms with E-state index in [1.54, 1.807) is 17.4 Å². The maximum atomic E-state index is 12.5. The molecule has 182 valence electrons. The number of sulfonamides is 1. The molecule has 0 saturated carbocycles. The Hall–Kier alpha value is -3.09. The second-order valence-electron chi connectivity index (χ2n) is 8.81. The van der Waals surface area contributed by atoms with Crippen LogP contribution in [0.15, 0.2) is 34.9 Å². The van der Waals surface area contributed by atoms with Crippen LogP contribution in [-0.4, -0.2) is 70.9 Å². The minimum Gasteiger partial charge on any atom is -0.414 e. The molecular weight excluding hydrogens is 456 g/mol. The molecule has 3 aromatic rings. The maximum absolute atomic E-state index is 12.5. The smallest absolute Gasteiger partial charge is 0.270 e. The fraction of sp³-hybridized carbons (Fsp3) is 0.455. The van der Waals surface area contributed by atoms with E-state index in [0.29, 0.717) is 37.0 Å². The lowest BCUT2D eigenvalue weighted by Gasteiger charge is -2.46. The molecule has 1 aromatic carbocycles. The van der Waals surface area contributed by atoms with Gasteiger partial charge in [0, 0.05) is 37.3 Å². The van der Waals surface area contributed by atoms with Gasteiger partial charge in [-0.2, -0.15) is 4.31 Å². The number of aromatic nitrogens is 4. The summed E-state index contributed by atoms with van der Waals surface area (Å²) in [6.07, 6.45) is 1.58. The van der Waals surface area contributed by atoms with E-state index in [1.807, 2.05) is 50.1 Å². The van der Waals surface area contributed by atoms with Crippen LogP contribution >= 0.6 is 0 Å². The summed E-state index contributed by atoms with van der Waals surface area (Å²) >= 11 is 0. The van der Waals surface area contributed by atoms with Crippen molar-refractivity contribution in [3.63, 3.8) is 0 Å². The monoisotopic (exact) mass is 486 g/mol. The number of nitrogens with two attached hydrogens (primary N) is 1. The minimum absolute atomic E-state index is 0.0694. The zero-order valence-corrected chi connectivity index (χ0v) is 20.6. The van der Waals surface area contributed by atoms with E-state index in [2.05, 4.69) is 25.5 Å². The summed E-state index contributed by atoms with van der Waals surface area (Å²) in [7, 11) is -1.41. The van der Waals surface area contributed by atoms with Gasteiger partial charge in [0.25, 0.3) is 5.89 Å². The largest absolute Gasteiger partial charge is 0.414 e. The van der Waals surface area contributed by atoms with Gasteiger partial charge < -0.3 is 20.4 Å². The number of benzene rings is 1. The predicted octanol–water partition coefficient (Wildman–Crippen LogP) is 1.75. The third-order valence-corrected chi connectivity index (χ3v) is 7.93. The van der Waals surface area contributed by atoms with Crippen molar-refractivity contribution in [1.82, 2.24) is 29.8 Å². The number of nitrogens with one attached hydrogen (secondary N) is 1. The van der Waals surface area contributed by atoms with Gasteiger partial charge in [0.05, 0.1) is 11.9 Å². The van der Waals surface area contributed by atoms with E-state index in [1.165, 1.54) is 0 Å². The number of anilines is 2. The molecule has 12 heteroatoms. The van der Waals surface area contributed by atoms with E-state index < -0.39 is 15.6 Å². The Bertz CT molecular complexity index is 1260. The van der Waals surface area contributed by atoms with E-state index in [4.69, 9.17) is 10.2 Å². The van der Waals surface area contributed by atoms with E-state index >= 15 is 0 Å². The molecule has 0 radical (unpaired) electrons. The van der Waals surface area contributed by atoms with Crippen LogP contribution in [0.5, 0.6) is 0 Å². The van der Waals surface area contributed by atoms with Gasteiger partial charge in [-0.25, -0.2) is 18.4 Å². The van der Waals surface area contributed by atoms with Gasteiger partial charge in [-0.1, -0.05) is 12.1 Å². The standard InChI is InChI=1S/C22H30N8O3S/c1-5-34(31,32)30-11-10-29(14-22(30,2)3)17-13-25-19(23)18(26-17)21-28-27-20(33-21)16-8-6-15(7-9-16)12-24-4/h6-9,13,24H,5,10-12,14H2,1-4H3,(H2,23,25). The highest BCUT2D eigenvalue weighted by Gasteiger charge is 2.40. The highest BCUT2D eigenvalue weighted by molar-refractivity contribution is 7.89. The first-order valence-corrected chi connectivity index (χ1v) is 12.7. The number of nitrogen functional groups attached to an aromatic ring is 1. The molecule has 3 N–H and O–H groups in total. The summed E-state index contributed by atoms with van der Waals surface area (Å²) in [6.45, 7) is 7.54. The number of hydrogen-bond acceptors (Lipinski definition) is 10. The quantitative estimate of drug-likeness (QED) is 0.507. The van der Waals surface area contributed by atoms with Crippen LogP contribution in [0.4, 0.5) is 11.6 Å². The topological polar surface area (TPSA) is 143 Å². The van der Waals surface area contributed by atoms with Crippen molar-refractivity contribution >= 4 is 21.7 Å². The van der Waals surface area contributed by atoms with Crippen LogP contribution in [0, 0.1) is 0 Å². The Morgan fingerprint density at radius 2 is 1.85 bits per heavy atom. The minimum atomic E-state index is -3.31. The molecule has 0 bridgehead atoms. The average Bonchev–Trinajstić information content (AvgIpc) is 3.29. The van der Waals surface area contributed by atoms with Gasteiger partial charge in [0.2, 0.25) is 15.9 Å². The Morgan fingerprint density at radius 3 is 2.50 bits per heavy atom. The number of nitrogens with zero attached hydrogens (tertiary/aromatic N) is 6. The zero-order chi connectivity index (χ0) is 24.5. The molecule has 0 unspecified atom stereocenters. The molecule has 1 fully saturated rings. The number of rotatable bonds is 7. The molecule has 11 nitrogen and oxygen atoms in total. The van der Waals surface area contributed by atoms with Gasteiger partial charge in [-0.05, 0) is 45.5 Å². The molecule has 1 saturated heterocycles. The Kier molecular flexibility index (Phi) is 6.56. The van der Waals surface area contributed by atoms with Crippen LogP contribution in [0.25, 0.3) is 23.0 Å². The third-order valence-electron chi connectivity index (χ3n) is 5.85. The van der Waals surface area contributed by atoms with Crippen molar-refractivity contribution in [3.8, 4) is 23.0 Å². The molecule has 0 amide bonds. The van der Waals surface area contributed by atoms with Gasteiger partial charge in [0.15, 0.2) is 11.5 Å². The van der Waals surface area contributed by atoms with E-state index in [0.717, 1.165) is 17.7 Å². The van der Waals surface area contributed by atoms with Crippen molar-refractivity contribution in [2.45, 2.75) is 32.9 Å². The molecule has 2 aromatic heterocycles. The Labute approximate surface area is 199 Å². The summed E-state index contributed by atoms with van der Waals surface area (Å²) in [5.74, 6) is 1.35. The molecule has 0 spiro atoms. The van der Waals surface area contributed by atoms with Crippen molar-refractivity contribution in [1.29, 1.82) is 0 Å². The molecular formula is C22H30N8O3S. The highest BCUT2D eigenvalue weighted by Crippen LogP contribution is 2.30. The lowest BCUT2D eigenvalue weighted by molar-refractivity contribution is 0.204. The average molecular weight is 487 g/mol. The first-order chi connectivity index (χ1) is 16.1. The first kappa shape index (κ1) is 24.0. The summed E-state index contributed by atoms with van der Waals surface area (Å²) in [6, 6.07) is 7.82. The van der Waals surface area contributed by atoms with Gasteiger partial charge >= 0.3 is 0 Å². The summed E-state index contributed by atoms with van der Waals surface area (Å²) < 4.78 is 32.4. The van der Waals surface area contributed by atoms with Crippen LogP contribution < -0.4 is 16.0 Å². The molecule has 34 heavy (non-hydrogen) atoms. The van der Waals surface area contributed by atoms with Crippen molar-refractivity contribution in [2.75, 3.05) is 43.1 Å². The lowest BCUT2D eigenvalue weighted by Crippen LogP contribution is -2.61. The molecule has 0 aliphatic carbocycles. The first-order valence-electron chi connectivity index (χ1n) is 11.1. The number of piperazine rings is 1. The SMILES string of the molecule is CCS(=O)(=O)N1CCN(c2cnc(N)c(-c3nnc(-c4ccc(CNC)cc4)o3)n2)CC1(C)C. The maximum Gasteiger partial charge on any atom is 0.270 e. The van der Waals surface area contributed by atoms with Gasteiger partial charge in [0.1, 0.15) is 5.82 Å². The lowest BCUT2D eigenvalue weighted by atomic mass is 10.0. The predicted molar refractivity (Wildman–Crippen MR) is 130 cm³/mol. The fourth-order valence-corrected chi connectivity index (χ4v) is 5.59. The molecule has 3 heterocycles. The van der Waals surface area contributed by atoms with Gasteiger partial charge in [-0.3, -0.25) is 0 Å². The Morgan fingerprint density at radius 1 is 1.15 bits per heavy atom. The summed E-state index contributed by atoms with van der Waals surface area (Å²) in [5, 5.41) is 11.4. The second kappa shape index (κ2) is 9.28. The fourth-order valence-electron chi connectivity index (χ4n) is 4.11. The van der Waals surface area contributed by atoms with Crippen molar-refractivity contribution in [3.05, 3.63) is 36.0 Å². The third kappa shape index (κ3) is 4.74. The van der Waals surface area contributed by atoms with Crippen LogP contribution in [0.1, 0.15) is 26.3 Å². The van der Waals surface area contributed by atoms with E-state index in [9.17, 15) is 8.42 Å². The Balaban J connectivity index is 1.58. The summed E-state index contributed by atoms with van der Waals surface area (Å²) in [4.78, 5) is 10.9. The van der Waals surface area contributed by atoms with Gasteiger partial charge in [-0.15, -0.1) is 10.2 Å². The number of hydrogen-bond donors (Lipinski definition) is 2. The normalized spacial score (nSPS) is 16.6. The van der Waals surface area contributed by atoms with Crippen LogP contribution in [-0.2, 0) is 16.6 Å². The summed E-state index contributed by atoms with van der Waals surface area (Å²) in [5.41, 5.74) is 7.71. The highest BCUT2D eigenvalue weighted by atomic mass is 32.2.